The molecule has 8 heteroatoms. The van der Waals surface area contributed by atoms with Crippen molar-refractivity contribution >= 4 is 17.6 Å². The summed E-state index contributed by atoms with van der Waals surface area (Å²) >= 11 is 5.86. The summed E-state index contributed by atoms with van der Waals surface area (Å²) in [4.78, 5) is 19.1. The van der Waals surface area contributed by atoms with Gasteiger partial charge in [-0.2, -0.15) is 9.97 Å². The zero-order chi connectivity index (χ0) is 15.4. The third-order valence-electron chi connectivity index (χ3n) is 2.47. The number of halogens is 1. The summed E-state index contributed by atoms with van der Waals surface area (Å²) < 4.78 is 15.4. The van der Waals surface area contributed by atoms with Crippen LogP contribution in [0.3, 0.4) is 0 Å². The van der Waals surface area contributed by atoms with E-state index in [0.717, 1.165) is 0 Å². The van der Waals surface area contributed by atoms with E-state index in [2.05, 4.69) is 9.97 Å². The normalized spacial score (nSPS) is 10.0. The maximum absolute atomic E-state index is 11.2. The Hall–Kier alpha value is -2.54. The molecule has 0 bridgehead atoms. The van der Waals surface area contributed by atoms with Gasteiger partial charge in [0.25, 0.3) is 0 Å². The van der Waals surface area contributed by atoms with Crippen molar-refractivity contribution in [1.82, 2.24) is 9.97 Å². The smallest absolute Gasteiger partial charge is 0.341 e. The van der Waals surface area contributed by atoms with Crippen LogP contribution >= 0.6 is 11.6 Å². The fraction of sp³-hybridized carbons (Fsp3) is 0.154. The third-order valence-corrected chi connectivity index (χ3v) is 2.78. The number of ether oxygens (including phenoxy) is 3. The van der Waals surface area contributed by atoms with Crippen LogP contribution in [0.5, 0.6) is 23.5 Å². The Labute approximate surface area is 125 Å². The third kappa shape index (κ3) is 3.32. The fourth-order valence-corrected chi connectivity index (χ4v) is 1.78. The molecule has 0 fully saturated rings. The number of aromatic nitrogens is 2. The van der Waals surface area contributed by atoms with Gasteiger partial charge in [0.15, 0.2) is 0 Å². The lowest BCUT2D eigenvalue weighted by molar-refractivity contribution is 0.0694. The van der Waals surface area contributed by atoms with Gasteiger partial charge in [0, 0.05) is 0 Å². The summed E-state index contributed by atoms with van der Waals surface area (Å²) in [7, 11) is 2.85. The number of benzene rings is 1. The molecule has 0 saturated carbocycles. The summed E-state index contributed by atoms with van der Waals surface area (Å²) in [5.74, 6) is -0.762. The van der Waals surface area contributed by atoms with Crippen molar-refractivity contribution in [1.29, 1.82) is 0 Å². The van der Waals surface area contributed by atoms with Gasteiger partial charge in [-0.15, -0.1) is 0 Å². The summed E-state index contributed by atoms with van der Waals surface area (Å²) in [6.45, 7) is 0. The molecule has 0 amide bonds. The first kappa shape index (κ1) is 14.9. The van der Waals surface area contributed by atoms with Crippen molar-refractivity contribution in [3.8, 4) is 23.5 Å². The van der Waals surface area contributed by atoms with Gasteiger partial charge in [-0.1, -0.05) is 17.7 Å². The first-order valence-electron chi connectivity index (χ1n) is 5.72. The second kappa shape index (κ2) is 6.27. The molecule has 0 saturated heterocycles. The number of carboxylic acid groups (broad SMARTS) is 1. The molecular weight excluding hydrogens is 300 g/mol. The van der Waals surface area contributed by atoms with Crippen LogP contribution < -0.4 is 14.2 Å². The highest BCUT2D eigenvalue weighted by Gasteiger charge is 2.18. The predicted octanol–water partition coefficient (Wildman–Crippen LogP) is 2.64. The van der Waals surface area contributed by atoms with Crippen molar-refractivity contribution in [2.24, 2.45) is 0 Å². The van der Waals surface area contributed by atoms with Gasteiger partial charge in [0.2, 0.25) is 11.8 Å². The second-order valence-electron chi connectivity index (χ2n) is 3.76. The Morgan fingerprint density at radius 3 is 2.33 bits per heavy atom. The lowest BCUT2D eigenvalue weighted by Gasteiger charge is -2.10. The summed E-state index contributed by atoms with van der Waals surface area (Å²) in [5.41, 5.74) is -0.176. The van der Waals surface area contributed by atoms with Gasteiger partial charge < -0.3 is 19.3 Å². The van der Waals surface area contributed by atoms with Crippen molar-refractivity contribution in [3.63, 3.8) is 0 Å². The van der Waals surface area contributed by atoms with Gasteiger partial charge in [-0.25, -0.2) is 4.79 Å². The van der Waals surface area contributed by atoms with Crippen molar-refractivity contribution in [3.05, 3.63) is 34.9 Å². The van der Waals surface area contributed by atoms with E-state index in [0.29, 0.717) is 0 Å². The topological polar surface area (TPSA) is 90.8 Å². The second-order valence-corrected chi connectivity index (χ2v) is 4.16. The number of hydrogen-bond donors (Lipinski definition) is 1. The van der Waals surface area contributed by atoms with E-state index in [9.17, 15) is 9.90 Å². The molecule has 0 aliphatic rings. The van der Waals surface area contributed by atoms with E-state index in [-0.39, 0.29) is 34.1 Å². The van der Waals surface area contributed by atoms with E-state index < -0.39 is 5.97 Å². The summed E-state index contributed by atoms with van der Waals surface area (Å²) in [5, 5.41) is 9.22. The first-order valence-corrected chi connectivity index (χ1v) is 6.09. The highest BCUT2D eigenvalue weighted by Crippen LogP contribution is 2.30. The lowest BCUT2D eigenvalue weighted by atomic mass is 10.2. The molecule has 1 heterocycles. The number of hydrogen-bond acceptors (Lipinski definition) is 6. The molecule has 0 unspecified atom stereocenters. The molecule has 110 valence electrons. The molecule has 1 aromatic carbocycles. The lowest BCUT2D eigenvalue weighted by Crippen LogP contribution is -2.03. The minimum atomic E-state index is -1.22. The number of carboxylic acids is 1. The van der Waals surface area contributed by atoms with Gasteiger partial charge in [-0.05, 0) is 12.1 Å². The predicted molar refractivity (Wildman–Crippen MR) is 73.6 cm³/mol. The highest BCUT2D eigenvalue weighted by molar-refractivity contribution is 6.33. The Balaban J connectivity index is 2.43. The molecule has 0 atom stereocenters. The van der Waals surface area contributed by atoms with Crippen LogP contribution in [-0.2, 0) is 0 Å². The van der Waals surface area contributed by atoms with Crippen molar-refractivity contribution in [2.75, 3.05) is 14.2 Å². The first-order chi connectivity index (χ1) is 10.0. The molecule has 7 nitrogen and oxygen atoms in total. The van der Waals surface area contributed by atoms with Crippen LogP contribution in [0.2, 0.25) is 5.02 Å². The monoisotopic (exact) mass is 310 g/mol. The molecule has 0 aliphatic carbocycles. The van der Waals surface area contributed by atoms with Crippen LogP contribution in [0.15, 0.2) is 24.3 Å². The number of rotatable bonds is 5. The van der Waals surface area contributed by atoms with Gasteiger partial charge in [0.05, 0.1) is 25.3 Å². The largest absolute Gasteiger partial charge is 0.481 e. The zero-order valence-electron chi connectivity index (χ0n) is 11.2. The van der Waals surface area contributed by atoms with Gasteiger partial charge >= 0.3 is 12.0 Å². The van der Waals surface area contributed by atoms with E-state index in [4.69, 9.17) is 25.8 Å². The molecule has 21 heavy (non-hydrogen) atoms. The van der Waals surface area contributed by atoms with E-state index in [1.807, 2.05) is 0 Å². The van der Waals surface area contributed by atoms with E-state index >= 15 is 0 Å². The van der Waals surface area contributed by atoms with Crippen LogP contribution in [0.25, 0.3) is 0 Å². The Kier molecular flexibility index (Phi) is 4.44. The molecule has 0 spiro atoms. The molecule has 0 aliphatic heterocycles. The number of carbonyl (C=O) groups is 1. The molecule has 1 N–H and O–H groups in total. The number of aromatic carboxylic acids is 1. The standard InChI is InChI=1S/C13H11ClN2O5/c1-19-9-6-10(20-2)16-13(15-9)21-8-5-3-4-7(14)11(8)12(17)18/h3-6H,1-2H3,(H,17,18). The number of nitrogens with zero attached hydrogens (tertiary/aromatic N) is 2. The van der Waals surface area contributed by atoms with Crippen LogP contribution in [0.4, 0.5) is 0 Å². The fourth-order valence-electron chi connectivity index (χ4n) is 1.53. The minimum Gasteiger partial charge on any atom is -0.481 e. The summed E-state index contributed by atoms with van der Waals surface area (Å²) in [6, 6.07) is 5.80. The molecule has 2 aromatic rings. The Morgan fingerprint density at radius 2 is 1.81 bits per heavy atom. The molecule has 0 radical (unpaired) electrons. The van der Waals surface area contributed by atoms with Gasteiger partial charge in [-0.3, -0.25) is 0 Å². The average Bonchev–Trinajstić information content (AvgIpc) is 2.46. The van der Waals surface area contributed by atoms with E-state index in [1.165, 1.54) is 32.4 Å². The molecule has 1 aromatic heterocycles. The van der Waals surface area contributed by atoms with Gasteiger partial charge in [0.1, 0.15) is 11.3 Å². The van der Waals surface area contributed by atoms with E-state index in [1.54, 1.807) is 6.07 Å². The summed E-state index contributed by atoms with van der Waals surface area (Å²) in [6.07, 6.45) is 0. The van der Waals surface area contributed by atoms with Crippen LogP contribution in [0, 0.1) is 0 Å². The highest BCUT2D eigenvalue weighted by atomic mass is 35.5. The zero-order valence-corrected chi connectivity index (χ0v) is 11.9. The Morgan fingerprint density at radius 1 is 1.19 bits per heavy atom. The minimum absolute atomic E-state index is 0.0188. The van der Waals surface area contributed by atoms with Crippen molar-refractivity contribution < 1.29 is 24.1 Å². The van der Waals surface area contributed by atoms with Crippen LogP contribution in [-0.4, -0.2) is 35.3 Å². The number of methoxy groups -OCH3 is 2. The molecule has 2 rings (SSSR count). The van der Waals surface area contributed by atoms with Crippen LogP contribution in [0.1, 0.15) is 10.4 Å². The quantitative estimate of drug-likeness (QED) is 0.907. The average molecular weight is 311 g/mol. The molecular formula is C13H11ClN2O5. The maximum Gasteiger partial charge on any atom is 0.341 e. The van der Waals surface area contributed by atoms with Crippen molar-refractivity contribution in [2.45, 2.75) is 0 Å². The maximum atomic E-state index is 11.2. The Bertz CT molecular complexity index is 655. The SMILES string of the molecule is COc1cc(OC)nc(Oc2cccc(Cl)c2C(=O)O)n1.